The Bertz CT molecular complexity index is 290. The molecule has 0 spiro atoms. The number of cyclic esters (lactones) is 1. The number of hydrogen-bond acceptors (Lipinski definition) is 3. The lowest BCUT2D eigenvalue weighted by atomic mass is 10.0. The van der Waals surface area contributed by atoms with Crippen molar-refractivity contribution >= 4 is 16.8 Å². The minimum absolute atomic E-state index is 0.181. The van der Waals surface area contributed by atoms with Crippen molar-refractivity contribution < 1.29 is 13.7 Å². The highest BCUT2D eigenvalue weighted by atomic mass is 32.2. The summed E-state index contributed by atoms with van der Waals surface area (Å²) in [6.07, 6.45) is 7.14. The molecule has 0 N–H and O–H groups in total. The van der Waals surface area contributed by atoms with Crippen LogP contribution in [0.3, 0.4) is 0 Å². The zero-order chi connectivity index (χ0) is 9.97. The number of rotatable bonds is 2. The predicted octanol–water partition coefficient (Wildman–Crippen LogP) is 1.51. The normalized spacial score (nSPS) is 25.7. The monoisotopic (exact) mass is 214 g/mol. The molecule has 3 nitrogen and oxygen atoms in total. The van der Waals surface area contributed by atoms with Crippen LogP contribution >= 0.6 is 0 Å². The van der Waals surface area contributed by atoms with Crippen LogP contribution in [0.25, 0.3) is 0 Å². The number of esters is 1. The molecule has 0 aromatic heterocycles. The van der Waals surface area contributed by atoms with Gasteiger partial charge < -0.3 is 4.74 Å². The summed E-state index contributed by atoms with van der Waals surface area (Å²) in [4.78, 5) is 11.6. The van der Waals surface area contributed by atoms with Crippen LogP contribution in [0, 0.1) is 0 Å². The van der Waals surface area contributed by atoms with Crippen molar-refractivity contribution in [3.05, 3.63) is 11.0 Å². The van der Waals surface area contributed by atoms with Crippen LogP contribution in [0.5, 0.6) is 0 Å². The second-order valence-corrected chi connectivity index (χ2v) is 5.43. The molecule has 1 aliphatic heterocycles. The zero-order valence-electron chi connectivity index (χ0n) is 8.03. The quantitative estimate of drug-likeness (QED) is 0.654. The summed E-state index contributed by atoms with van der Waals surface area (Å²) >= 11 is 0. The van der Waals surface area contributed by atoms with Gasteiger partial charge in [-0.05, 0) is 18.9 Å². The van der Waals surface area contributed by atoms with Gasteiger partial charge in [0, 0.05) is 5.25 Å². The van der Waals surface area contributed by atoms with Crippen LogP contribution < -0.4 is 0 Å². The van der Waals surface area contributed by atoms with Gasteiger partial charge in [0.05, 0.1) is 10.8 Å². The molecule has 0 amide bonds. The highest BCUT2D eigenvalue weighted by Gasteiger charge is 2.29. The van der Waals surface area contributed by atoms with E-state index in [1.54, 1.807) is 6.08 Å². The molecule has 1 aliphatic carbocycles. The van der Waals surface area contributed by atoms with Gasteiger partial charge in [0.2, 0.25) is 0 Å². The van der Waals surface area contributed by atoms with Gasteiger partial charge in [-0.25, -0.2) is 4.79 Å². The molecule has 0 aromatic rings. The summed E-state index contributed by atoms with van der Waals surface area (Å²) in [5.74, 6) is -0.381. The van der Waals surface area contributed by atoms with E-state index < -0.39 is 10.8 Å². The van der Waals surface area contributed by atoms with E-state index in [1.807, 2.05) is 0 Å². The molecule has 14 heavy (non-hydrogen) atoms. The Kier molecular flexibility index (Phi) is 3.01. The molecule has 1 fully saturated rings. The van der Waals surface area contributed by atoms with Crippen molar-refractivity contribution in [3.63, 3.8) is 0 Å². The highest BCUT2D eigenvalue weighted by molar-refractivity contribution is 7.90. The molecule has 1 atom stereocenters. The molecule has 0 radical (unpaired) electrons. The summed E-state index contributed by atoms with van der Waals surface area (Å²) in [6.45, 7) is 0.298. The van der Waals surface area contributed by atoms with E-state index in [-0.39, 0.29) is 11.2 Å². The average Bonchev–Trinajstić information content (AvgIpc) is 2.65. The van der Waals surface area contributed by atoms with Gasteiger partial charge in [0.15, 0.2) is 0 Å². The van der Waals surface area contributed by atoms with Crippen LogP contribution in [-0.4, -0.2) is 22.0 Å². The maximum absolute atomic E-state index is 12.0. The standard InChI is InChI=1S/C10H14O3S/c11-10-9(6-7-13-10)14(12)8-4-2-1-3-5-8/h6,8H,1-5,7H2. The Morgan fingerprint density at radius 2 is 2.00 bits per heavy atom. The van der Waals surface area contributed by atoms with E-state index in [0.717, 1.165) is 25.7 Å². The summed E-state index contributed by atoms with van der Waals surface area (Å²) in [6, 6.07) is 0. The summed E-state index contributed by atoms with van der Waals surface area (Å²) in [5.41, 5.74) is 0. The van der Waals surface area contributed by atoms with Gasteiger partial charge in [-0.15, -0.1) is 0 Å². The Balaban J connectivity index is 2.03. The minimum Gasteiger partial charge on any atom is -0.457 e. The fourth-order valence-electron chi connectivity index (χ4n) is 1.97. The van der Waals surface area contributed by atoms with Crippen molar-refractivity contribution in [1.82, 2.24) is 0 Å². The first-order valence-corrected chi connectivity index (χ1v) is 6.28. The Morgan fingerprint density at radius 3 is 2.57 bits per heavy atom. The lowest BCUT2D eigenvalue weighted by molar-refractivity contribution is -0.135. The first kappa shape index (κ1) is 9.90. The average molecular weight is 214 g/mol. The molecular weight excluding hydrogens is 200 g/mol. The fraction of sp³-hybridized carbons (Fsp3) is 0.700. The number of hydrogen-bond donors (Lipinski definition) is 0. The van der Waals surface area contributed by atoms with E-state index in [2.05, 4.69) is 0 Å². The van der Waals surface area contributed by atoms with Gasteiger partial charge >= 0.3 is 5.97 Å². The minimum atomic E-state index is -1.13. The number of carbonyl (C=O) groups is 1. The molecule has 78 valence electrons. The maximum Gasteiger partial charge on any atom is 0.347 e. The van der Waals surface area contributed by atoms with Crippen molar-refractivity contribution in [2.45, 2.75) is 37.4 Å². The second kappa shape index (κ2) is 4.26. The zero-order valence-corrected chi connectivity index (χ0v) is 8.85. The molecule has 1 unspecified atom stereocenters. The molecule has 0 aromatic carbocycles. The summed E-state index contributed by atoms with van der Waals surface area (Å²) in [7, 11) is -1.13. The van der Waals surface area contributed by atoms with Crippen molar-refractivity contribution in [2.24, 2.45) is 0 Å². The Morgan fingerprint density at radius 1 is 1.29 bits per heavy atom. The first-order chi connectivity index (χ1) is 6.79. The van der Waals surface area contributed by atoms with Crippen molar-refractivity contribution in [2.75, 3.05) is 6.61 Å². The molecule has 0 bridgehead atoms. The van der Waals surface area contributed by atoms with Gasteiger partial charge in [0.1, 0.15) is 11.5 Å². The maximum atomic E-state index is 12.0. The number of ether oxygens (including phenoxy) is 1. The van der Waals surface area contributed by atoms with Gasteiger partial charge in [0.25, 0.3) is 0 Å². The molecule has 1 heterocycles. The van der Waals surface area contributed by atoms with Crippen LogP contribution in [0.4, 0.5) is 0 Å². The highest BCUT2D eigenvalue weighted by Crippen LogP contribution is 2.26. The largest absolute Gasteiger partial charge is 0.457 e. The smallest absolute Gasteiger partial charge is 0.347 e. The molecular formula is C10H14O3S. The molecule has 2 aliphatic rings. The number of carbonyl (C=O) groups excluding carboxylic acids is 1. The van der Waals surface area contributed by atoms with Gasteiger partial charge in [-0.3, -0.25) is 4.21 Å². The second-order valence-electron chi connectivity index (χ2n) is 3.72. The lowest BCUT2D eigenvalue weighted by Crippen LogP contribution is -2.21. The van der Waals surface area contributed by atoms with Gasteiger partial charge in [-0.1, -0.05) is 19.3 Å². The lowest BCUT2D eigenvalue weighted by Gasteiger charge is -2.20. The Labute approximate surface area is 86.0 Å². The fourth-order valence-corrected chi connectivity index (χ4v) is 3.55. The third-order valence-corrected chi connectivity index (χ3v) is 4.60. The van der Waals surface area contributed by atoms with Crippen molar-refractivity contribution in [3.8, 4) is 0 Å². The predicted molar refractivity (Wildman–Crippen MR) is 54.1 cm³/mol. The van der Waals surface area contributed by atoms with Crippen LogP contribution in [0.2, 0.25) is 0 Å². The molecule has 1 saturated carbocycles. The Hall–Kier alpha value is -0.640. The van der Waals surface area contributed by atoms with Crippen molar-refractivity contribution in [1.29, 1.82) is 0 Å². The van der Waals surface area contributed by atoms with E-state index in [4.69, 9.17) is 4.74 Å². The summed E-state index contributed by atoms with van der Waals surface area (Å²) < 4.78 is 16.7. The van der Waals surface area contributed by atoms with E-state index in [0.29, 0.717) is 11.5 Å². The topological polar surface area (TPSA) is 43.4 Å². The molecule has 2 rings (SSSR count). The molecule has 0 saturated heterocycles. The van der Waals surface area contributed by atoms with Crippen LogP contribution in [0.1, 0.15) is 32.1 Å². The first-order valence-electron chi connectivity index (χ1n) is 5.07. The van der Waals surface area contributed by atoms with E-state index >= 15 is 0 Å². The van der Waals surface area contributed by atoms with E-state index in [1.165, 1.54) is 6.42 Å². The third-order valence-electron chi connectivity index (χ3n) is 2.76. The van der Waals surface area contributed by atoms with Crippen LogP contribution in [-0.2, 0) is 20.3 Å². The van der Waals surface area contributed by atoms with Crippen LogP contribution in [0.15, 0.2) is 11.0 Å². The van der Waals surface area contributed by atoms with E-state index in [9.17, 15) is 9.00 Å². The molecule has 4 heteroatoms. The SMILES string of the molecule is O=C1OCC=C1S(=O)C1CCCCC1. The summed E-state index contributed by atoms with van der Waals surface area (Å²) in [5, 5.41) is 0.181. The van der Waals surface area contributed by atoms with Gasteiger partial charge in [-0.2, -0.15) is 0 Å². The third kappa shape index (κ3) is 1.90.